The minimum Gasteiger partial charge on any atom is -0.218 e. The molecule has 19 heavy (non-hydrogen) atoms. The van der Waals surface area contributed by atoms with Crippen LogP contribution in [0.3, 0.4) is 0 Å². The maximum atomic E-state index is 13.8. The number of benzene rings is 1. The van der Waals surface area contributed by atoms with Crippen LogP contribution in [0.2, 0.25) is 0 Å². The SMILES string of the molecule is Cc1cc(C(F)(C(F)(F)F)C(F)(F)F)cc(C)c1I. The molecular weight excluding hydrogens is 392 g/mol. The van der Waals surface area contributed by atoms with Gasteiger partial charge in [-0.05, 0) is 47.6 Å². The van der Waals surface area contributed by atoms with Crippen molar-refractivity contribution in [2.24, 2.45) is 0 Å². The average Bonchev–Trinajstić information content (AvgIpc) is 2.20. The molecule has 0 saturated heterocycles. The van der Waals surface area contributed by atoms with Crippen molar-refractivity contribution in [2.45, 2.75) is 31.9 Å². The summed E-state index contributed by atoms with van der Waals surface area (Å²) in [5, 5.41) is 0. The fraction of sp³-hybridized carbons (Fsp3) is 0.455. The molecule has 1 rings (SSSR count). The third-order valence-electron chi connectivity index (χ3n) is 2.62. The van der Waals surface area contributed by atoms with Crippen LogP contribution >= 0.6 is 22.6 Å². The lowest BCUT2D eigenvalue weighted by molar-refractivity contribution is -0.348. The van der Waals surface area contributed by atoms with Crippen molar-refractivity contribution in [1.82, 2.24) is 0 Å². The van der Waals surface area contributed by atoms with E-state index < -0.39 is 23.6 Å². The summed E-state index contributed by atoms with van der Waals surface area (Å²) in [6.07, 6.45) is -12.1. The highest BCUT2D eigenvalue weighted by atomic mass is 127. The second-order valence-electron chi connectivity index (χ2n) is 4.08. The van der Waals surface area contributed by atoms with E-state index >= 15 is 0 Å². The van der Waals surface area contributed by atoms with Gasteiger partial charge in [0.2, 0.25) is 0 Å². The maximum Gasteiger partial charge on any atom is 0.435 e. The van der Waals surface area contributed by atoms with E-state index in [9.17, 15) is 30.7 Å². The molecule has 0 heterocycles. The van der Waals surface area contributed by atoms with E-state index in [2.05, 4.69) is 0 Å². The highest BCUT2D eigenvalue weighted by molar-refractivity contribution is 14.1. The van der Waals surface area contributed by atoms with E-state index in [0.717, 1.165) is 0 Å². The summed E-state index contributed by atoms with van der Waals surface area (Å²) < 4.78 is 89.6. The second kappa shape index (κ2) is 4.78. The van der Waals surface area contributed by atoms with E-state index in [4.69, 9.17) is 0 Å². The van der Waals surface area contributed by atoms with Crippen molar-refractivity contribution in [3.63, 3.8) is 0 Å². The summed E-state index contributed by atoms with van der Waals surface area (Å²) in [6.45, 7) is 2.65. The molecule has 0 aliphatic rings. The van der Waals surface area contributed by atoms with Gasteiger partial charge in [0.25, 0.3) is 0 Å². The molecule has 0 unspecified atom stereocenters. The Morgan fingerprint density at radius 1 is 0.789 bits per heavy atom. The number of hydrogen-bond donors (Lipinski definition) is 0. The van der Waals surface area contributed by atoms with Gasteiger partial charge in [0.15, 0.2) is 0 Å². The van der Waals surface area contributed by atoms with Crippen LogP contribution in [-0.2, 0) is 5.67 Å². The minimum absolute atomic E-state index is 0.158. The Bertz CT molecular complexity index is 450. The number of alkyl halides is 7. The maximum absolute atomic E-state index is 13.8. The Morgan fingerprint density at radius 2 is 1.11 bits per heavy atom. The molecule has 0 N–H and O–H groups in total. The van der Waals surface area contributed by atoms with Gasteiger partial charge in [-0.2, -0.15) is 26.3 Å². The van der Waals surface area contributed by atoms with Gasteiger partial charge in [-0.3, -0.25) is 0 Å². The second-order valence-corrected chi connectivity index (χ2v) is 5.16. The Kier molecular flexibility index (Phi) is 4.15. The lowest BCUT2D eigenvalue weighted by atomic mass is 9.91. The van der Waals surface area contributed by atoms with Gasteiger partial charge in [-0.1, -0.05) is 12.1 Å². The molecule has 1 aromatic rings. The Hall–Kier alpha value is -0.540. The van der Waals surface area contributed by atoms with Crippen LogP contribution in [-0.4, -0.2) is 12.4 Å². The normalized spacial score (nSPS) is 13.8. The zero-order chi connectivity index (χ0) is 15.2. The summed E-state index contributed by atoms with van der Waals surface area (Å²) >= 11 is 1.77. The van der Waals surface area contributed by atoms with E-state index in [0.29, 0.717) is 15.7 Å². The molecule has 0 radical (unpaired) electrons. The van der Waals surface area contributed by atoms with Crippen LogP contribution in [0.25, 0.3) is 0 Å². The molecule has 0 aliphatic carbocycles. The standard InChI is InChI=1S/C11H8F7I/c1-5-3-7(4-6(2)8(5)19)9(12,10(13,14)15)11(16,17)18/h3-4H,1-2H3. The lowest BCUT2D eigenvalue weighted by Crippen LogP contribution is -2.50. The fourth-order valence-corrected chi connectivity index (χ4v) is 1.94. The van der Waals surface area contributed by atoms with Gasteiger partial charge in [0, 0.05) is 9.13 Å². The highest BCUT2D eigenvalue weighted by Gasteiger charge is 2.73. The molecule has 0 aromatic heterocycles. The number of rotatable bonds is 1. The predicted molar refractivity (Wildman–Crippen MR) is 63.5 cm³/mol. The van der Waals surface area contributed by atoms with Gasteiger partial charge in [0.05, 0.1) is 0 Å². The van der Waals surface area contributed by atoms with Crippen LogP contribution in [0.5, 0.6) is 0 Å². The third-order valence-corrected chi connectivity index (χ3v) is 4.32. The van der Waals surface area contributed by atoms with Crippen LogP contribution < -0.4 is 0 Å². The largest absolute Gasteiger partial charge is 0.435 e. The fourth-order valence-electron chi connectivity index (χ4n) is 1.63. The third kappa shape index (κ3) is 2.68. The Labute approximate surface area is 118 Å². The summed E-state index contributed by atoms with van der Waals surface area (Å²) in [7, 11) is 0. The van der Waals surface area contributed by atoms with Crippen LogP contribution in [0.15, 0.2) is 12.1 Å². The predicted octanol–water partition coefficient (Wildman–Crippen LogP) is 5.20. The molecule has 8 heteroatoms. The number of aryl methyl sites for hydroxylation is 2. The van der Waals surface area contributed by atoms with Gasteiger partial charge in [-0.15, -0.1) is 0 Å². The molecule has 1 aromatic carbocycles. The van der Waals surface area contributed by atoms with Crippen molar-refractivity contribution >= 4 is 22.6 Å². The van der Waals surface area contributed by atoms with Crippen molar-refractivity contribution in [3.05, 3.63) is 32.4 Å². The first-order valence-electron chi connectivity index (χ1n) is 4.92. The molecule has 0 bridgehead atoms. The van der Waals surface area contributed by atoms with Gasteiger partial charge >= 0.3 is 18.0 Å². The quantitative estimate of drug-likeness (QED) is 0.449. The minimum atomic E-state index is -6.07. The molecule has 0 spiro atoms. The molecular formula is C11H8F7I. The zero-order valence-electron chi connectivity index (χ0n) is 9.68. The summed E-state index contributed by atoms with van der Waals surface area (Å²) in [6, 6.07) is 1.16. The number of halogens is 8. The van der Waals surface area contributed by atoms with E-state index in [-0.39, 0.29) is 11.1 Å². The van der Waals surface area contributed by atoms with Crippen molar-refractivity contribution in [2.75, 3.05) is 0 Å². The molecule has 0 nitrogen and oxygen atoms in total. The Balaban J connectivity index is 3.62. The highest BCUT2D eigenvalue weighted by Crippen LogP contribution is 2.53. The Morgan fingerprint density at radius 3 is 1.37 bits per heavy atom. The van der Waals surface area contributed by atoms with Crippen molar-refractivity contribution in [3.8, 4) is 0 Å². The lowest BCUT2D eigenvalue weighted by Gasteiger charge is -2.31. The molecule has 0 atom stereocenters. The number of hydrogen-bond acceptors (Lipinski definition) is 0. The van der Waals surface area contributed by atoms with Crippen molar-refractivity contribution in [1.29, 1.82) is 0 Å². The summed E-state index contributed by atoms with van der Waals surface area (Å²) in [5.41, 5.74) is -6.49. The first kappa shape index (κ1) is 16.5. The van der Waals surface area contributed by atoms with Gasteiger partial charge < -0.3 is 0 Å². The molecule has 0 aliphatic heterocycles. The first-order valence-corrected chi connectivity index (χ1v) is 6.00. The molecule has 0 saturated carbocycles. The molecule has 0 fully saturated rings. The monoisotopic (exact) mass is 400 g/mol. The van der Waals surface area contributed by atoms with Crippen LogP contribution in [0.1, 0.15) is 16.7 Å². The molecule has 0 amide bonds. The summed E-state index contributed by atoms with van der Waals surface area (Å²) in [5.74, 6) is 0. The van der Waals surface area contributed by atoms with Crippen LogP contribution in [0.4, 0.5) is 30.7 Å². The van der Waals surface area contributed by atoms with E-state index in [1.54, 1.807) is 22.6 Å². The first-order chi connectivity index (χ1) is 8.32. The zero-order valence-corrected chi connectivity index (χ0v) is 11.8. The molecule has 108 valence electrons. The van der Waals surface area contributed by atoms with E-state index in [1.807, 2.05) is 0 Å². The van der Waals surface area contributed by atoms with Gasteiger partial charge in [-0.25, -0.2) is 4.39 Å². The topological polar surface area (TPSA) is 0 Å². The van der Waals surface area contributed by atoms with Gasteiger partial charge in [0.1, 0.15) is 0 Å². The van der Waals surface area contributed by atoms with Crippen LogP contribution in [0, 0.1) is 17.4 Å². The smallest absolute Gasteiger partial charge is 0.218 e. The summed E-state index contributed by atoms with van der Waals surface area (Å²) in [4.78, 5) is 0. The van der Waals surface area contributed by atoms with E-state index in [1.165, 1.54) is 13.8 Å². The average molecular weight is 400 g/mol. The van der Waals surface area contributed by atoms with Crippen molar-refractivity contribution < 1.29 is 30.7 Å².